The van der Waals surface area contributed by atoms with Crippen molar-refractivity contribution in [3.8, 4) is 5.75 Å². The highest BCUT2D eigenvalue weighted by Gasteiger charge is 2.50. The van der Waals surface area contributed by atoms with Gasteiger partial charge in [-0.05, 0) is 111 Å². The molecule has 7 nitrogen and oxygen atoms in total. The number of carbonyl (C=O) groups excluding carboxylic acids is 1. The Bertz CT molecular complexity index is 1510. The van der Waals surface area contributed by atoms with Crippen LogP contribution in [-0.2, 0) is 31.0 Å². The molecule has 2 bridgehead atoms. The summed E-state index contributed by atoms with van der Waals surface area (Å²) in [6.07, 6.45) is 9.43. The Morgan fingerprint density at radius 2 is 1.96 bits per heavy atom. The molecule has 2 aliphatic carbocycles. The Kier molecular flexibility index (Phi) is 9.51. The van der Waals surface area contributed by atoms with Crippen LogP contribution in [0.15, 0.2) is 36.4 Å². The molecule has 0 saturated heterocycles. The number of nitrogens with zero attached hydrogens (tertiary/aromatic N) is 1. The van der Waals surface area contributed by atoms with E-state index in [9.17, 15) is 9.00 Å². The number of rotatable bonds is 4. The molecule has 2 aromatic rings. The van der Waals surface area contributed by atoms with Crippen LogP contribution in [0.25, 0.3) is 0 Å². The lowest BCUT2D eigenvalue weighted by Crippen LogP contribution is -2.55. The molecular formula is C36H49ClN2O5S. The summed E-state index contributed by atoms with van der Waals surface area (Å²) in [6, 6.07) is 12.0. The number of halogens is 1. The highest BCUT2D eigenvalue weighted by molar-refractivity contribution is 7.99. The van der Waals surface area contributed by atoms with Crippen LogP contribution < -0.4 is 14.4 Å². The molecule has 2 aromatic carbocycles. The smallest absolute Gasteiger partial charge is 0.262 e. The van der Waals surface area contributed by atoms with Gasteiger partial charge in [-0.3, -0.25) is 9.52 Å². The van der Waals surface area contributed by atoms with Gasteiger partial charge in [-0.25, -0.2) is 4.21 Å². The minimum Gasteiger partial charge on any atom is -0.490 e. The van der Waals surface area contributed by atoms with Gasteiger partial charge in [0.25, 0.3) is 5.91 Å². The lowest BCUT2D eigenvalue weighted by Gasteiger charge is -2.51. The third-order valence-electron chi connectivity index (χ3n) is 11.3. The minimum absolute atomic E-state index is 0.203. The number of ether oxygens (including phenoxy) is 3. The fourth-order valence-corrected chi connectivity index (χ4v) is 10.6. The van der Waals surface area contributed by atoms with Crippen molar-refractivity contribution in [2.24, 2.45) is 11.8 Å². The summed E-state index contributed by atoms with van der Waals surface area (Å²) in [6.45, 7) is 4.73. The number of benzene rings is 2. The number of fused-ring (bicyclic) bond motifs is 4. The van der Waals surface area contributed by atoms with Gasteiger partial charge in [0.15, 0.2) is 0 Å². The average Bonchev–Trinajstić information content (AvgIpc) is 3.15. The Balaban J connectivity index is 1.44. The van der Waals surface area contributed by atoms with E-state index in [1.54, 1.807) is 13.2 Å². The summed E-state index contributed by atoms with van der Waals surface area (Å²) in [5.74, 6) is 5.23. The van der Waals surface area contributed by atoms with E-state index in [1.807, 2.05) is 32.2 Å². The third-order valence-corrected chi connectivity index (χ3v) is 13.7. The Labute approximate surface area is 274 Å². The zero-order chi connectivity index (χ0) is 31.8. The van der Waals surface area contributed by atoms with Crippen LogP contribution in [0, 0.1) is 11.8 Å². The van der Waals surface area contributed by atoms with Crippen molar-refractivity contribution in [1.29, 1.82) is 0 Å². The van der Waals surface area contributed by atoms with Crippen molar-refractivity contribution in [2.75, 3.05) is 45.4 Å². The van der Waals surface area contributed by atoms with Crippen molar-refractivity contribution in [2.45, 2.75) is 87.4 Å². The maximum absolute atomic E-state index is 13.8. The number of hydrogen-bond acceptors (Lipinski definition) is 6. The Morgan fingerprint density at radius 1 is 1.11 bits per heavy atom. The van der Waals surface area contributed by atoms with Crippen molar-refractivity contribution in [3.63, 3.8) is 0 Å². The Morgan fingerprint density at radius 3 is 2.69 bits per heavy atom. The first-order valence-electron chi connectivity index (χ1n) is 16.7. The van der Waals surface area contributed by atoms with Crippen LogP contribution in [0.4, 0.5) is 5.69 Å². The topological polar surface area (TPSA) is 77.1 Å². The standard InChI is InChI=1S/C36H49ClN2O5S/c1-5-29-10-6-7-18-36(43-3,24-42-2)31-14-11-27(31)21-39-22-35(17-8-9-25-19-28(37)13-15-30(25)35)23-44-33-16-12-26(20-32(33)39)34(40)38-45(29,4)41/h12-13,15-16,19-20,27,29,31H,4-11,14,17-18,21-24H2,1-3H3,(H,38,40,41)/t27-,29+,31+,35-,36+,45?/m0/s1. The van der Waals surface area contributed by atoms with Gasteiger partial charge in [-0.1, -0.05) is 37.4 Å². The van der Waals surface area contributed by atoms with Crippen LogP contribution in [0.2, 0.25) is 5.02 Å². The van der Waals surface area contributed by atoms with Crippen molar-refractivity contribution in [1.82, 2.24) is 4.72 Å². The molecule has 9 heteroatoms. The second-order valence-corrected chi connectivity index (χ2v) is 16.6. The van der Waals surface area contributed by atoms with Gasteiger partial charge < -0.3 is 19.1 Å². The van der Waals surface area contributed by atoms with Gasteiger partial charge in [0.1, 0.15) is 5.75 Å². The van der Waals surface area contributed by atoms with E-state index in [2.05, 4.69) is 27.6 Å². The van der Waals surface area contributed by atoms with Crippen LogP contribution >= 0.6 is 11.6 Å². The molecular weight excluding hydrogens is 608 g/mol. The average molecular weight is 657 g/mol. The van der Waals surface area contributed by atoms with Gasteiger partial charge >= 0.3 is 0 Å². The minimum atomic E-state index is -2.86. The third kappa shape index (κ3) is 6.24. The van der Waals surface area contributed by atoms with Crippen molar-refractivity contribution < 1.29 is 23.2 Å². The fourth-order valence-electron chi connectivity index (χ4n) is 8.70. The summed E-state index contributed by atoms with van der Waals surface area (Å²) in [5, 5.41) is 0.563. The molecule has 0 radical (unpaired) electrons. The highest BCUT2D eigenvalue weighted by atomic mass is 35.5. The molecule has 45 heavy (non-hydrogen) atoms. The quantitative estimate of drug-likeness (QED) is 0.375. The number of aryl methyl sites for hydroxylation is 1. The number of hydrogen-bond donors (Lipinski definition) is 1. The van der Waals surface area contributed by atoms with Crippen molar-refractivity contribution >= 4 is 38.8 Å². The fraction of sp³-hybridized carbons (Fsp3) is 0.611. The molecule has 2 aliphatic heterocycles. The number of methoxy groups -OCH3 is 2. The van der Waals surface area contributed by atoms with E-state index in [4.69, 9.17) is 25.8 Å². The van der Waals surface area contributed by atoms with Gasteiger partial charge in [-0.2, -0.15) is 0 Å². The molecule has 1 N–H and O–H groups in total. The second kappa shape index (κ2) is 13.1. The van der Waals surface area contributed by atoms with Gasteiger partial charge in [0.05, 0.1) is 34.2 Å². The summed E-state index contributed by atoms with van der Waals surface area (Å²) in [5.41, 5.74) is 3.41. The van der Waals surface area contributed by atoms with Crippen LogP contribution in [0.5, 0.6) is 5.75 Å². The number of carbonyl (C=O) groups is 1. The normalized spacial score (nSPS) is 33.6. The predicted octanol–water partition coefficient (Wildman–Crippen LogP) is 6.58. The highest BCUT2D eigenvalue weighted by Crippen LogP contribution is 2.49. The second-order valence-electron chi connectivity index (χ2n) is 13.9. The van der Waals surface area contributed by atoms with Crippen LogP contribution in [-0.4, -0.2) is 67.4 Å². The van der Waals surface area contributed by atoms with Crippen LogP contribution in [0.1, 0.15) is 86.2 Å². The summed E-state index contributed by atoms with van der Waals surface area (Å²) in [7, 11) is 0.735. The maximum Gasteiger partial charge on any atom is 0.262 e. The van der Waals surface area contributed by atoms with E-state index in [1.165, 1.54) is 11.1 Å². The molecule has 1 amide bonds. The molecule has 4 aliphatic rings. The molecule has 0 aromatic heterocycles. The molecule has 1 fully saturated rings. The molecule has 6 rings (SSSR count). The molecule has 246 valence electrons. The molecule has 6 atom stereocenters. The molecule has 2 heterocycles. The van der Waals surface area contributed by atoms with Gasteiger partial charge in [-0.15, -0.1) is 0 Å². The first-order valence-corrected chi connectivity index (χ1v) is 18.8. The van der Waals surface area contributed by atoms with E-state index in [0.717, 1.165) is 87.3 Å². The monoisotopic (exact) mass is 656 g/mol. The van der Waals surface area contributed by atoms with Crippen LogP contribution in [0.3, 0.4) is 0 Å². The van der Waals surface area contributed by atoms with Gasteiger partial charge in [0.2, 0.25) is 0 Å². The Hall–Kier alpha value is -2.26. The first-order chi connectivity index (χ1) is 21.6. The first kappa shape index (κ1) is 32.7. The molecule has 1 saturated carbocycles. The summed E-state index contributed by atoms with van der Waals surface area (Å²) >= 11 is 6.46. The largest absolute Gasteiger partial charge is 0.490 e. The number of amides is 1. The number of anilines is 1. The molecule has 1 spiro atoms. The summed E-state index contributed by atoms with van der Waals surface area (Å²) in [4.78, 5) is 16.1. The van der Waals surface area contributed by atoms with E-state index in [-0.39, 0.29) is 22.2 Å². The summed E-state index contributed by atoms with van der Waals surface area (Å²) < 4.78 is 35.6. The van der Waals surface area contributed by atoms with E-state index < -0.39 is 9.71 Å². The van der Waals surface area contributed by atoms with E-state index in [0.29, 0.717) is 37.0 Å². The number of nitrogens with one attached hydrogen (secondary N) is 1. The SMILES string of the molecule is C=S1(=O)NC(=O)c2ccc3c(c2)N(C[C@@H]2CC[C@H]2[C@@](COC)(OC)CCCC[C@H]1CC)C[C@@]1(CCCc2cc(Cl)ccc21)CO3. The predicted molar refractivity (Wildman–Crippen MR) is 183 cm³/mol. The zero-order valence-corrected chi connectivity index (χ0v) is 28.6. The van der Waals surface area contributed by atoms with Gasteiger partial charge in [0, 0.05) is 48.6 Å². The van der Waals surface area contributed by atoms with E-state index >= 15 is 0 Å². The lowest BCUT2D eigenvalue weighted by atomic mass is 9.63. The van der Waals surface area contributed by atoms with Crippen molar-refractivity contribution in [3.05, 3.63) is 58.1 Å². The maximum atomic E-state index is 13.8. The molecule has 1 unspecified atom stereocenters. The zero-order valence-electron chi connectivity index (χ0n) is 27.1. The lowest BCUT2D eigenvalue weighted by molar-refractivity contribution is -0.147.